The van der Waals surface area contributed by atoms with Crippen molar-refractivity contribution in [3.05, 3.63) is 69.4 Å². The first-order chi connectivity index (χ1) is 37.6. The van der Waals surface area contributed by atoms with Gasteiger partial charge in [-0.1, -0.05) is 172 Å². The predicted molar refractivity (Wildman–Crippen MR) is 351 cm³/mol. The van der Waals surface area contributed by atoms with Crippen LogP contribution in [0, 0.1) is 11.8 Å². The van der Waals surface area contributed by atoms with Gasteiger partial charge in [0.15, 0.2) is 0 Å². The zero-order valence-electron chi connectivity index (χ0n) is 48.6. The van der Waals surface area contributed by atoms with Crippen molar-refractivity contribution < 1.29 is 0 Å². The van der Waals surface area contributed by atoms with Crippen molar-refractivity contribution >= 4 is 109 Å². The second kappa shape index (κ2) is 27.7. The number of unbranched alkanes of at least 4 members (excludes halogenated alkanes) is 8. The molecule has 0 amide bonds. The van der Waals surface area contributed by atoms with Crippen LogP contribution in [-0.2, 0) is 12.8 Å². The quantitative estimate of drug-likeness (QED) is 0.0311. The average molecular weight is 1160 g/mol. The van der Waals surface area contributed by atoms with Gasteiger partial charge in [0.25, 0.3) is 0 Å². The fraction of sp³-hybridized carbons (Fsp3) is 0.576. The van der Waals surface area contributed by atoms with E-state index in [0.29, 0.717) is 23.7 Å². The molecule has 4 atom stereocenters. The zero-order chi connectivity index (χ0) is 54.1. The Morgan fingerprint density at radius 1 is 0.416 bits per heavy atom. The molecule has 77 heavy (non-hydrogen) atoms. The van der Waals surface area contributed by atoms with Crippen molar-refractivity contribution in [2.45, 2.75) is 234 Å². The molecule has 0 fully saturated rings. The molecule has 4 unspecified atom stereocenters. The minimum atomic E-state index is -2.39. The molecule has 414 valence electrons. The Morgan fingerprint density at radius 2 is 0.831 bits per heavy atom. The fourth-order valence-electron chi connectivity index (χ4n) is 13.2. The Hall–Kier alpha value is -2.90. The van der Waals surface area contributed by atoms with Crippen molar-refractivity contribution in [1.82, 2.24) is 17.5 Å². The van der Waals surface area contributed by atoms with Gasteiger partial charge in [0, 0.05) is 61.3 Å². The van der Waals surface area contributed by atoms with Crippen LogP contribution in [0.2, 0.25) is 12.1 Å². The van der Waals surface area contributed by atoms with Gasteiger partial charge in [0.05, 0.1) is 23.5 Å². The summed E-state index contributed by atoms with van der Waals surface area (Å²) in [7, 11) is -2.39. The van der Waals surface area contributed by atoms with Crippen molar-refractivity contribution in [2.24, 2.45) is 11.8 Å². The number of thiophene rings is 4. The van der Waals surface area contributed by atoms with Crippen LogP contribution in [0.1, 0.15) is 230 Å². The van der Waals surface area contributed by atoms with Crippen LogP contribution in [0.4, 0.5) is 0 Å². The van der Waals surface area contributed by atoms with Gasteiger partial charge in [-0.2, -0.15) is 17.5 Å². The Kier molecular flexibility index (Phi) is 21.1. The van der Waals surface area contributed by atoms with E-state index < -0.39 is 8.07 Å². The van der Waals surface area contributed by atoms with Crippen LogP contribution in [0.3, 0.4) is 0 Å². The number of benzene rings is 2. The van der Waals surface area contributed by atoms with Crippen LogP contribution in [0.15, 0.2) is 48.5 Å². The molecule has 6 aromatic heterocycles. The summed E-state index contributed by atoms with van der Waals surface area (Å²) in [6, 6.07) is 23.0. The summed E-state index contributed by atoms with van der Waals surface area (Å²) >= 11 is 11.0. The summed E-state index contributed by atoms with van der Waals surface area (Å²) in [4.78, 5) is 11.7. The molecule has 11 heteroatoms. The maximum atomic E-state index is 5.32. The van der Waals surface area contributed by atoms with Gasteiger partial charge in [-0.25, -0.2) is 0 Å². The first-order valence-corrected chi connectivity index (χ1v) is 37.8. The second-order valence-corrected chi connectivity index (χ2v) is 32.8. The molecule has 0 spiro atoms. The Balaban J connectivity index is 1.25. The highest BCUT2D eigenvalue weighted by atomic mass is 32.1. The molecule has 7 heterocycles. The van der Waals surface area contributed by atoms with E-state index in [9.17, 15) is 0 Å². The minimum Gasteiger partial charge on any atom is -0.172 e. The largest absolute Gasteiger partial charge is 0.172 e. The van der Waals surface area contributed by atoms with Gasteiger partial charge in [-0.05, 0) is 144 Å². The van der Waals surface area contributed by atoms with E-state index in [1.165, 1.54) is 214 Å². The first-order valence-electron chi connectivity index (χ1n) is 30.7. The monoisotopic (exact) mass is 1160 g/mol. The highest BCUT2D eigenvalue weighted by Crippen LogP contribution is 2.53. The maximum absolute atomic E-state index is 5.32. The Bertz CT molecular complexity index is 2930. The molecule has 9 rings (SSSR count). The molecule has 1 aliphatic rings. The van der Waals surface area contributed by atoms with Crippen LogP contribution in [0.25, 0.3) is 73.6 Å². The van der Waals surface area contributed by atoms with Crippen LogP contribution in [0.5, 0.6) is 0 Å². The third-order valence-corrected chi connectivity index (χ3v) is 29.3. The molecule has 0 saturated carbocycles. The number of hydrogen-bond donors (Lipinski definition) is 0. The normalized spacial score (nSPS) is 16.0. The average Bonchev–Trinajstić information content (AvgIpc) is 4.51. The Labute approximate surface area is 490 Å². The van der Waals surface area contributed by atoms with Gasteiger partial charge >= 0.3 is 0 Å². The lowest BCUT2D eigenvalue weighted by atomic mass is 9.88. The summed E-state index contributed by atoms with van der Waals surface area (Å²) in [5.74, 6) is 2.23. The molecule has 4 nitrogen and oxygen atoms in total. The number of rotatable bonds is 32. The molecule has 2 aromatic carbocycles. The molecular weight excluding hydrogens is 1070 g/mol. The number of fused-ring (bicyclic) bond motifs is 5. The van der Waals surface area contributed by atoms with E-state index in [-0.39, 0.29) is 0 Å². The molecule has 0 aliphatic carbocycles. The van der Waals surface area contributed by atoms with Crippen molar-refractivity contribution in [3.63, 3.8) is 0 Å². The molecule has 0 radical (unpaired) electrons. The van der Waals surface area contributed by atoms with E-state index in [1.54, 1.807) is 20.1 Å². The summed E-state index contributed by atoms with van der Waals surface area (Å²) in [6.45, 7) is 24.1. The number of nitrogens with zero attached hydrogens (tertiary/aromatic N) is 4. The molecule has 0 saturated heterocycles. The molecule has 0 N–H and O–H groups in total. The molecule has 0 bridgehead atoms. The fourth-order valence-corrected chi connectivity index (χ4v) is 27.0. The Morgan fingerprint density at radius 3 is 1.22 bits per heavy atom. The highest BCUT2D eigenvalue weighted by molar-refractivity contribution is 7.31. The topological polar surface area (TPSA) is 51.6 Å². The first kappa shape index (κ1) is 58.7. The molecule has 1 aliphatic heterocycles. The van der Waals surface area contributed by atoms with Crippen molar-refractivity contribution in [1.29, 1.82) is 0 Å². The van der Waals surface area contributed by atoms with Gasteiger partial charge < -0.3 is 0 Å². The molecule has 8 aromatic rings. The van der Waals surface area contributed by atoms with Gasteiger partial charge in [0.1, 0.15) is 30.1 Å². The lowest BCUT2D eigenvalue weighted by molar-refractivity contribution is 0.469. The summed E-state index contributed by atoms with van der Waals surface area (Å²) in [5.41, 5.74) is 12.6. The van der Waals surface area contributed by atoms with Crippen LogP contribution < -0.4 is 10.4 Å². The van der Waals surface area contributed by atoms with E-state index in [2.05, 4.69) is 140 Å². The predicted octanol–water partition coefficient (Wildman–Crippen LogP) is 22.6. The number of aryl methyl sites for hydroxylation is 2. The smallest absolute Gasteiger partial charge is 0.122 e. The third kappa shape index (κ3) is 12.6. The summed E-state index contributed by atoms with van der Waals surface area (Å²) in [6.07, 6.45) is 27.6. The third-order valence-electron chi connectivity index (χ3n) is 17.6. The van der Waals surface area contributed by atoms with Crippen LogP contribution >= 0.6 is 68.8 Å². The van der Waals surface area contributed by atoms with Gasteiger partial charge in [-0.3, -0.25) is 0 Å². The van der Waals surface area contributed by atoms with E-state index in [1.807, 2.05) is 22.7 Å². The van der Waals surface area contributed by atoms with Gasteiger partial charge in [0.2, 0.25) is 0 Å². The second-order valence-electron chi connectivity index (χ2n) is 23.3. The SMILES string of the molecule is CCCCCCc1ccc(-c2cc(C(C)CCC)c(-c3cc4c(s3)-c3sc(-c5c(C(C)CCC)cc(-c6ccc(CCCCCC)s6)c6nsnc56)cc3[Si]4(CC(CC)CCCC)CC(CC)CCCC)c3nsnc23)s1. The summed E-state index contributed by atoms with van der Waals surface area (Å²) in [5, 5.41) is 3.49. The highest BCUT2D eigenvalue weighted by Gasteiger charge is 2.50. The van der Waals surface area contributed by atoms with E-state index >= 15 is 0 Å². The van der Waals surface area contributed by atoms with Crippen molar-refractivity contribution in [2.75, 3.05) is 0 Å². The lowest BCUT2D eigenvalue weighted by Crippen LogP contribution is -2.56. The minimum absolute atomic E-state index is 0.403. The number of hydrogen-bond acceptors (Lipinski definition) is 10. The standard InChI is InChI=1S/C66H90N4S6Si/c1-11-19-23-25-31-47-33-35-53(71-47)51-37-49(43(9)27-15-5)59(63-61(51)67-75-69-63)55-39-57-65(73-55)66-58(77(57,41-45(17-7)29-21-13-3)42-46(18-8)30-22-14-4)40-56(74-66)60-50(44(10)28-16-6)38-52(62-64(60)70-76-68-62)54-36-34-48(72-54)32-26-24-20-12-2/h33-40,43-46H,11-32,41-42H2,1-10H3. The van der Waals surface area contributed by atoms with Gasteiger partial charge in [-0.15, -0.1) is 45.3 Å². The van der Waals surface area contributed by atoms with Crippen molar-refractivity contribution in [3.8, 4) is 51.5 Å². The van der Waals surface area contributed by atoms with E-state index in [0.717, 1.165) is 47.8 Å². The maximum Gasteiger partial charge on any atom is 0.122 e. The number of aromatic nitrogens is 4. The lowest BCUT2D eigenvalue weighted by Gasteiger charge is -2.35. The van der Waals surface area contributed by atoms with Crippen LogP contribution in [-0.4, -0.2) is 25.6 Å². The zero-order valence-corrected chi connectivity index (χ0v) is 54.5. The summed E-state index contributed by atoms with van der Waals surface area (Å²) < 4.78 is 21.0. The van der Waals surface area contributed by atoms with E-state index in [4.69, 9.17) is 17.5 Å². The molecular formula is C66H90N4S6Si.